The maximum absolute atomic E-state index is 8.83. The molecule has 0 saturated carbocycles. The first kappa shape index (κ1) is 12.1. The molecule has 1 aliphatic rings. The predicted molar refractivity (Wildman–Crippen MR) is 69.2 cm³/mol. The van der Waals surface area contributed by atoms with Gasteiger partial charge in [0.2, 0.25) is 0 Å². The lowest BCUT2D eigenvalue weighted by Crippen LogP contribution is -2.13. The van der Waals surface area contributed by atoms with Gasteiger partial charge in [-0.3, -0.25) is 0 Å². The molecule has 2 rings (SSSR count). The largest absolute Gasteiger partial charge is 0.396 e. The molecule has 0 unspecified atom stereocenters. The van der Waals surface area contributed by atoms with E-state index >= 15 is 0 Å². The van der Waals surface area contributed by atoms with E-state index in [-0.39, 0.29) is 6.61 Å². The lowest BCUT2D eigenvalue weighted by Gasteiger charge is -2.15. The minimum absolute atomic E-state index is 0.205. The summed E-state index contributed by atoms with van der Waals surface area (Å²) in [5.74, 6) is 0. The Bertz CT molecular complexity index is 370. The van der Waals surface area contributed by atoms with E-state index in [0.717, 1.165) is 38.3 Å². The summed E-state index contributed by atoms with van der Waals surface area (Å²) >= 11 is 0. The van der Waals surface area contributed by atoms with Crippen LogP contribution in [0.4, 0.5) is 5.69 Å². The third-order valence-corrected chi connectivity index (χ3v) is 2.86. The van der Waals surface area contributed by atoms with E-state index in [4.69, 9.17) is 9.84 Å². The van der Waals surface area contributed by atoms with Gasteiger partial charge >= 0.3 is 0 Å². The molecule has 17 heavy (non-hydrogen) atoms. The number of rotatable bonds is 5. The molecule has 0 spiro atoms. The maximum atomic E-state index is 8.83. The number of anilines is 1. The number of aliphatic hydroxyl groups is 1. The molecule has 0 radical (unpaired) electrons. The SMILES string of the molecule is OCCc1ccc(NCC2=CCCOC2)cc1. The normalized spacial score (nSPS) is 15.5. The summed E-state index contributed by atoms with van der Waals surface area (Å²) in [6, 6.07) is 8.19. The summed E-state index contributed by atoms with van der Waals surface area (Å²) in [6.45, 7) is 2.64. The van der Waals surface area contributed by atoms with Crippen molar-refractivity contribution in [3.05, 3.63) is 41.5 Å². The number of hydrogen-bond donors (Lipinski definition) is 2. The third-order valence-electron chi connectivity index (χ3n) is 2.86. The zero-order valence-electron chi connectivity index (χ0n) is 9.98. The minimum atomic E-state index is 0.205. The fraction of sp³-hybridized carbons (Fsp3) is 0.429. The molecule has 1 heterocycles. The molecule has 2 N–H and O–H groups in total. The lowest BCUT2D eigenvalue weighted by molar-refractivity contribution is 0.150. The minimum Gasteiger partial charge on any atom is -0.396 e. The van der Waals surface area contributed by atoms with Crippen LogP contribution >= 0.6 is 0 Å². The molecule has 0 saturated heterocycles. The van der Waals surface area contributed by atoms with E-state index in [2.05, 4.69) is 23.5 Å². The smallest absolute Gasteiger partial charge is 0.0693 e. The maximum Gasteiger partial charge on any atom is 0.0693 e. The first-order valence-electron chi connectivity index (χ1n) is 6.08. The van der Waals surface area contributed by atoms with Gasteiger partial charge < -0.3 is 15.2 Å². The fourth-order valence-corrected chi connectivity index (χ4v) is 1.87. The lowest BCUT2D eigenvalue weighted by atomic mass is 10.1. The van der Waals surface area contributed by atoms with Crippen LogP contribution in [0.25, 0.3) is 0 Å². The van der Waals surface area contributed by atoms with Crippen molar-refractivity contribution in [3.63, 3.8) is 0 Å². The number of benzene rings is 1. The third kappa shape index (κ3) is 3.88. The van der Waals surface area contributed by atoms with Gasteiger partial charge in [0, 0.05) is 18.8 Å². The Kier molecular flexibility index (Phi) is 4.59. The van der Waals surface area contributed by atoms with Crippen molar-refractivity contribution in [2.75, 3.05) is 31.7 Å². The molecule has 1 aromatic carbocycles. The Balaban J connectivity index is 1.84. The zero-order chi connectivity index (χ0) is 11.9. The second-order valence-corrected chi connectivity index (χ2v) is 4.23. The molecule has 0 aromatic heterocycles. The van der Waals surface area contributed by atoms with E-state index in [1.54, 1.807) is 0 Å². The van der Waals surface area contributed by atoms with E-state index < -0.39 is 0 Å². The van der Waals surface area contributed by atoms with Crippen LogP contribution in [0.5, 0.6) is 0 Å². The monoisotopic (exact) mass is 233 g/mol. The van der Waals surface area contributed by atoms with Crippen LogP contribution in [-0.2, 0) is 11.2 Å². The highest BCUT2D eigenvalue weighted by Gasteiger charge is 2.03. The topological polar surface area (TPSA) is 41.5 Å². The molecular formula is C14H19NO2. The number of ether oxygens (including phenoxy) is 1. The van der Waals surface area contributed by atoms with Crippen LogP contribution in [0.3, 0.4) is 0 Å². The number of aliphatic hydroxyl groups excluding tert-OH is 1. The van der Waals surface area contributed by atoms with Crippen LogP contribution < -0.4 is 5.32 Å². The molecule has 0 amide bonds. The summed E-state index contributed by atoms with van der Waals surface area (Å²) < 4.78 is 5.39. The average molecular weight is 233 g/mol. The highest BCUT2D eigenvalue weighted by Crippen LogP contribution is 2.12. The Morgan fingerprint density at radius 1 is 1.24 bits per heavy atom. The molecule has 0 fully saturated rings. The van der Waals surface area contributed by atoms with Crippen molar-refractivity contribution in [1.29, 1.82) is 0 Å². The van der Waals surface area contributed by atoms with Gasteiger partial charge in [0.05, 0.1) is 13.2 Å². The Morgan fingerprint density at radius 2 is 2.06 bits per heavy atom. The molecule has 3 nitrogen and oxygen atoms in total. The summed E-state index contributed by atoms with van der Waals surface area (Å²) in [7, 11) is 0. The standard InChI is InChI=1S/C14H19NO2/c16-8-7-12-3-5-14(6-4-12)15-10-13-2-1-9-17-11-13/h2-6,15-16H,1,7-11H2. The summed E-state index contributed by atoms with van der Waals surface area (Å²) in [6.07, 6.45) is 3.99. The Hall–Kier alpha value is -1.32. The first-order valence-corrected chi connectivity index (χ1v) is 6.08. The molecule has 0 bridgehead atoms. The van der Waals surface area contributed by atoms with Gasteiger partial charge in [-0.2, -0.15) is 0 Å². The van der Waals surface area contributed by atoms with Crippen LogP contribution in [-0.4, -0.2) is 31.5 Å². The van der Waals surface area contributed by atoms with Gasteiger partial charge in [0.25, 0.3) is 0 Å². The molecule has 1 aliphatic heterocycles. The van der Waals surface area contributed by atoms with E-state index in [9.17, 15) is 0 Å². The summed E-state index contributed by atoms with van der Waals surface area (Å²) in [4.78, 5) is 0. The number of nitrogens with one attached hydrogen (secondary N) is 1. The first-order chi connectivity index (χ1) is 8.38. The molecule has 92 valence electrons. The van der Waals surface area contributed by atoms with Crippen molar-refractivity contribution < 1.29 is 9.84 Å². The second kappa shape index (κ2) is 6.42. The van der Waals surface area contributed by atoms with Crippen molar-refractivity contribution >= 4 is 5.69 Å². The molecule has 1 aromatic rings. The van der Waals surface area contributed by atoms with Crippen molar-refractivity contribution in [2.24, 2.45) is 0 Å². The van der Waals surface area contributed by atoms with Gasteiger partial charge in [-0.1, -0.05) is 18.2 Å². The fourth-order valence-electron chi connectivity index (χ4n) is 1.87. The van der Waals surface area contributed by atoms with Crippen LogP contribution in [0.2, 0.25) is 0 Å². The quantitative estimate of drug-likeness (QED) is 0.764. The highest BCUT2D eigenvalue weighted by atomic mass is 16.5. The average Bonchev–Trinajstić information content (AvgIpc) is 2.40. The van der Waals surface area contributed by atoms with Crippen molar-refractivity contribution in [3.8, 4) is 0 Å². The molecule has 3 heteroatoms. The van der Waals surface area contributed by atoms with Gasteiger partial charge in [-0.15, -0.1) is 0 Å². The van der Waals surface area contributed by atoms with Crippen LogP contribution in [0.15, 0.2) is 35.9 Å². The molecule has 0 aliphatic carbocycles. The van der Waals surface area contributed by atoms with Gasteiger partial charge in [-0.05, 0) is 36.1 Å². The number of hydrogen-bond acceptors (Lipinski definition) is 3. The van der Waals surface area contributed by atoms with Crippen LogP contribution in [0.1, 0.15) is 12.0 Å². The Morgan fingerprint density at radius 3 is 2.71 bits per heavy atom. The summed E-state index contributed by atoms with van der Waals surface area (Å²) in [5, 5.41) is 12.2. The second-order valence-electron chi connectivity index (χ2n) is 4.23. The highest BCUT2D eigenvalue weighted by molar-refractivity contribution is 5.45. The Labute approximate surface area is 102 Å². The van der Waals surface area contributed by atoms with Gasteiger partial charge in [-0.25, -0.2) is 0 Å². The van der Waals surface area contributed by atoms with E-state index in [1.165, 1.54) is 11.1 Å². The van der Waals surface area contributed by atoms with Crippen molar-refractivity contribution in [1.82, 2.24) is 0 Å². The molecule has 0 atom stereocenters. The van der Waals surface area contributed by atoms with E-state index in [1.807, 2.05) is 12.1 Å². The van der Waals surface area contributed by atoms with Crippen molar-refractivity contribution in [2.45, 2.75) is 12.8 Å². The predicted octanol–water partition coefficient (Wildman–Crippen LogP) is 1.98. The van der Waals surface area contributed by atoms with E-state index in [0.29, 0.717) is 0 Å². The van der Waals surface area contributed by atoms with Crippen LogP contribution in [0, 0.1) is 0 Å². The molecular weight excluding hydrogens is 214 g/mol. The summed E-state index contributed by atoms with van der Waals surface area (Å²) in [5.41, 5.74) is 3.59. The zero-order valence-corrected chi connectivity index (χ0v) is 9.98. The van der Waals surface area contributed by atoms with Gasteiger partial charge in [0.15, 0.2) is 0 Å². The van der Waals surface area contributed by atoms with Gasteiger partial charge in [0.1, 0.15) is 0 Å².